The second-order valence-corrected chi connectivity index (χ2v) is 4.19. The molecule has 8 nitrogen and oxygen atoms in total. The van der Waals surface area contributed by atoms with Crippen molar-refractivity contribution < 1.29 is 19.1 Å². The molecule has 0 heterocycles. The van der Waals surface area contributed by atoms with Gasteiger partial charge in [-0.1, -0.05) is 6.42 Å². The molecule has 2 amide bonds. The summed E-state index contributed by atoms with van der Waals surface area (Å²) in [5.41, 5.74) is 11.0. The molecule has 0 bridgehead atoms. The molecule has 0 aromatic carbocycles. The molecule has 1 atom stereocenters. The van der Waals surface area contributed by atoms with Gasteiger partial charge in [0, 0.05) is 0 Å². The number of esters is 1. The zero-order valence-electron chi connectivity index (χ0n) is 11.8. The minimum atomic E-state index is -0.653. The lowest BCUT2D eigenvalue weighted by Crippen LogP contribution is -2.45. The highest BCUT2D eigenvalue weighted by atomic mass is 16.5. The van der Waals surface area contributed by atoms with Crippen LogP contribution in [0.4, 0.5) is 0 Å². The van der Waals surface area contributed by atoms with Gasteiger partial charge in [-0.25, -0.2) is 0 Å². The quantitative estimate of drug-likeness (QED) is 0.277. The fraction of sp³-hybridized carbons (Fsp3) is 0.750. The summed E-state index contributed by atoms with van der Waals surface area (Å²) in [6.07, 6.45) is 2.09. The lowest BCUT2D eigenvalue weighted by Gasteiger charge is -2.11. The number of rotatable bonds is 10. The predicted molar refractivity (Wildman–Crippen MR) is 73.5 cm³/mol. The zero-order chi connectivity index (χ0) is 15.4. The fourth-order valence-electron chi connectivity index (χ4n) is 1.38. The van der Waals surface area contributed by atoms with Gasteiger partial charge < -0.3 is 26.8 Å². The summed E-state index contributed by atoms with van der Waals surface area (Å²) in [4.78, 5) is 33.9. The summed E-state index contributed by atoms with van der Waals surface area (Å²) in [5, 5.41) is 4.73. The van der Waals surface area contributed by atoms with Gasteiger partial charge in [0.2, 0.25) is 11.8 Å². The Labute approximate surface area is 118 Å². The van der Waals surface area contributed by atoms with Gasteiger partial charge in [-0.05, 0) is 26.3 Å². The number of nitrogens with one attached hydrogen (secondary N) is 2. The largest absolute Gasteiger partial charge is 0.465 e. The van der Waals surface area contributed by atoms with E-state index in [4.69, 9.17) is 11.5 Å². The minimum absolute atomic E-state index is 0.217. The van der Waals surface area contributed by atoms with E-state index in [0.717, 1.165) is 12.8 Å². The van der Waals surface area contributed by atoms with Crippen molar-refractivity contribution in [2.45, 2.75) is 32.2 Å². The topological polar surface area (TPSA) is 137 Å². The number of nitrogens with two attached hydrogens (primary N) is 2. The van der Waals surface area contributed by atoms with Crippen molar-refractivity contribution in [2.24, 2.45) is 11.5 Å². The van der Waals surface area contributed by atoms with E-state index in [1.807, 2.05) is 0 Å². The van der Waals surface area contributed by atoms with E-state index in [2.05, 4.69) is 15.4 Å². The van der Waals surface area contributed by atoms with E-state index < -0.39 is 23.8 Å². The standard InChI is InChI=1S/C12H24N4O4/c1-2-20-11(18)8-15-10(17)7-16-12(19)9(14)5-3-4-6-13/h9H,2-8,13-14H2,1H3,(H,15,17)(H,16,19). The second kappa shape index (κ2) is 11.2. The van der Waals surface area contributed by atoms with Gasteiger partial charge in [-0.3, -0.25) is 14.4 Å². The molecular weight excluding hydrogens is 264 g/mol. The molecule has 116 valence electrons. The van der Waals surface area contributed by atoms with Crippen LogP contribution in [0, 0.1) is 0 Å². The van der Waals surface area contributed by atoms with Crippen LogP contribution in [0.15, 0.2) is 0 Å². The highest BCUT2D eigenvalue weighted by Gasteiger charge is 2.14. The van der Waals surface area contributed by atoms with Gasteiger partial charge >= 0.3 is 5.97 Å². The van der Waals surface area contributed by atoms with Crippen LogP contribution >= 0.6 is 0 Å². The van der Waals surface area contributed by atoms with Crippen molar-refractivity contribution in [3.63, 3.8) is 0 Å². The van der Waals surface area contributed by atoms with E-state index in [1.165, 1.54) is 0 Å². The molecule has 0 aliphatic rings. The summed E-state index contributed by atoms with van der Waals surface area (Å²) in [5.74, 6) is -1.39. The maximum absolute atomic E-state index is 11.5. The number of unbranched alkanes of at least 4 members (excludes halogenated alkanes) is 1. The van der Waals surface area contributed by atoms with E-state index in [1.54, 1.807) is 6.92 Å². The van der Waals surface area contributed by atoms with Crippen LogP contribution in [0.5, 0.6) is 0 Å². The van der Waals surface area contributed by atoms with Gasteiger partial charge in [-0.15, -0.1) is 0 Å². The van der Waals surface area contributed by atoms with Crippen molar-refractivity contribution in [1.29, 1.82) is 0 Å². The van der Waals surface area contributed by atoms with Crippen LogP contribution in [0.25, 0.3) is 0 Å². The van der Waals surface area contributed by atoms with Gasteiger partial charge in [-0.2, -0.15) is 0 Å². The van der Waals surface area contributed by atoms with Gasteiger partial charge in [0.05, 0.1) is 19.2 Å². The molecule has 0 rings (SSSR count). The number of hydrogen-bond acceptors (Lipinski definition) is 6. The van der Waals surface area contributed by atoms with Crippen molar-refractivity contribution in [1.82, 2.24) is 10.6 Å². The second-order valence-electron chi connectivity index (χ2n) is 4.19. The first-order valence-corrected chi connectivity index (χ1v) is 6.66. The Kier molecular flexibility index (Phi) is 10.2. The molecule has 0 spiro atoms. The Bertz CT molecular complexity index is 323. The van der Waals surface area contributed by atoms with Crippen LogP contribution < -0.4 is 22.1 Å². The summed E-state index contributed by atoms with van der Waals surface area (Å²) in [6.45, 7) is 2.05. The predicted octanol–water partition coefficient (Wildman–Crippen LogP) is -1.76. The Balaban J connectivity index is 3.77. The first kappa shape index (κ1) is 18.3. The van der Waals surface area contributed by atoms with E-state index in [-0.39, 0.29) is 19.7 Å². The van der Waals surface area contributed by atoms with Gasteiger partial charge in [0.15, 0.2) is 0 Å². The molecule has 20 heavy (non-hydrogen) atoms. The summed E-state index contributed by atoms with van der Waals surface area (Å²) in [7, 11) is 0. The molecule has 0 saturated carbocycles. The normalized spacial score (nSPS) is 11.6. The third-order valence-corrected chi connectivity index (χ3v) is 2.46. The molecule has 0 fully saturated rings. The Morgan fingerprint density at radius 2 is 1.85 bits per heavy atom. The smallest absolute Gasteiger partial charge is 0.325 e. The van der Waals surface area contributed by atoms with Crippen molar-refractivity contribution >= 4 is 17.8 Å². The lowest BCUT2D eigenvalue weighted by atomic mass is 10.1. The van der Waals surface area contributed by atoms with Crippen molar-refractivity contribution in [3.05, 3.63) is 0 Å². The minimum Gasteiger partial charge on any atom is -0.465 e. The van der Waals surface area contributed by atoms with Crippen LogP contribution in [0.2, 0.25) is 0 Å². The Morgan fingerprint density at radius 1 is 1.15 bits per heavy atom. The van der Waals surface area contributed by atoms with E-state index in [9.17, 15) is 14.4 Å². The molecule has 6 N–H and O–H groups in total. The number of carbonyl (C=O) groups is 3. The Morgan fingerprint density at radius 3 is 2.45 bits per heavy atom. The zero-order valence-corrected chi connectivity index (χ0v) is 11.8. The number of ether oxygens (including phenoxy) is 1. The summed E-state index contributed by atoms with van der Waals surface area (Å²) >= 11 is 0. The average molecular weight is 288 g/mol. The monoisotopic (exact) mass is 288 g/mol. The fourth-order valence-corrected chi connectivity index (χ4v) is 1.38. The lowest BCUT2D eigenvalue weighted by molar-refractivity contribution is -0.143. The molecule has 0 aliphatic heterocycles. The molecule has 0 aromatic rings. The van der Waals surface area contributed by atoms with E-state index >= 15 is 0 Å². The maximum atomic E-state index is 11.5. The first-order chi connectivity index (χ1) is 9.51. The molecule has 0 saturated heterocycles. The van der Waals surface area contributed by atoms with Crippen LogP contribution in [0.1, 0.15) is 26.2 Å². The SMILES string of the molecule is CCOC(=O)CNC(=O)CNC(=O)C(N)CCCCN. The first-order valence-electron chi connectivity index (χ1n) is 6.66. The summed E-state index contributed by atoms with van der Waals surface area (Å²) < 4.78 is 4.64. The molecule has 8 heteroatoms. The maximum Gasteiger partial charge on any atom is 0.325 e. The van der Waals surface area contributed by atoms with E-state index in [0.29, 0.717) is 13.0 Å². The van der Waals surface area contributed by atoms with Gasteiger partial charge in [0.1, 0.15) is 6.54 Å². The van der Waals surface area contributed by atoms with Crippen LogP contribution in [-0.4, -0.2) is 50.1 Å². The number of carbonyl (C=O) groups excluding carboxylic acids is 3. The molecule has 0 aliphatic carbocycles. The third-order valence-electron chi connectivity index (χ3n) is 2.46. The summed E-state index contributed by atoms with van der Waals surface area (Å²) in [6, 6.07) is -0.653. The van der Waals surface area contributed by atoms with Crippen molar-refractivity contribution in [2.75, 3.05) is 26.2 Å². The molecule has 0 radical (unpaired) electrons. The van der Waals surface area contributed by atoms with Crippen LogP contribution in [-0.2, 0) is 19.1 Å². The van der Waals surface area contributed by atoms with Crippen LogP contribution in [0.3, 0.4) is 0 Å². The third kappa shape index (κ3) is 9.29. The number of amides is 2. The van der Waals surface area contributed by atoms with Crippen molar-refractivity contribution in [3.8, 4) is 0 Å². The highest BCUT2D eigenvalue weighted by Crippen LogP contribution is 1.97. The Hall–Kier alpha value is -1.67. The van der Waals surface area contributed by atoms with Gasteiger partial charge in [0.25, 0.3) is 0 Å². The molecule has 0 aromatic heterocycles. The molecule has 1 unspecified atom stereocenters. The number of hydrogen-bond donors (Lipinski definition) is 4. The highest BCUT2D eigenvalue weighted by molar-refractivity contribution is 5.88. The molecular formula is C12H24N4O4. The average Bonchev–Trinajstić information content (AvgIpc) is 2.42.